The number of benzene rings is 2. The van der Waals surface area contributed by atoms with Crippen molar-refractivity contribution < 1.29 is 22.7 Å². The number of amides is 1. The van der Waals surface area contributed by atoms with Crippen LogP contribution in [0.1, 0.15) is 25.5 Å². The molecule has 0 heterocycles. The van der Waals surface area contributed by atoms with Gasteiger partial charge in [0.2, 0.25) is 15.9 Å². The quantitative estimate of drug-likeness (QED) is 0.694. The molecule has 0 aromatic heterocycles. The normalized spacial score (nSPS) is 12.4. The highest BCUT2D eigenvalue weighted by Crippen LogP contribution is 2.30. The van der Waals surface area contributed by atoms with Crippen LogP contribution in [0.3, 0.4) is 0 Å². The van der Waals surface area contributed by atoms with Gasteiger partial charge in [-0.05, 0) is 31.5 Å². The van der Waals surface area contributed by atoms with Gasteiger partial charge in [-0.15, -0.1) is 0 Å². The third-order valence-electron chi connectivity index (χ3n) is 3.52. The van der Waals surface area contributed by atoms with E-state index in [0.29, 0.717) is 30.3 Å². The van der Waals surface area contributed by atoms with E-state index < -0.39 is 22.0 Å². The molecule has 2 aromatic rings. The van der Waals surface area contributed by atoms with Crippen molar-refractivity contribution >= 4 is 15.9 Å². The van der Waals surface area contributed by atoms with E-state index in [1.807, 2.05) is 6.92 Å². The summed E-state index contributed by atoms with van der Waals surface area (Å²) in [5, 5.41) is 0. The minimum Gasteiger partial charge on any atom is -0.490 e. The molecule has 7 nitrogen and oxygen atoms in total. The summed E-state index contributed by atoms with van der Waals surface area (Å²) in [5.41, 5.74) is 5.84. The summed E-state index contributed by atoms with van der Waals surface area (Å²) >= 11 is 0. The molecule has 1 atom stereocenters. The van der Waals surface area contributed by atoms with E-state index in [2.05, 4.69) is 4.72 Å². The van der Waals surface area contributed by atoms with E-state index >= 15 is 0 Å². The molecular weight excluding hydrogens is 356 g/mol. The summed E-state index contributed by atoms with van der Waals surface area (Å²) in [7, 11) is -4.01. The zero-order valence-electron chi connectivity index (χ0n) is 14.6. The molecule has 3 N–H and O–H groups in total. The average Bonchev–Trinajstić information content (AvgIpc) is 2.62. The summed E-state index contributed by atoms with van der Waals surface area (Å²) in [5.74, 6) is -0.0360. The highest BCUT2D eigenvalue weighted by atomic mass is 32.2. The number of carbonyl (C=O) groups is 1. The number of rotatable bonds is 9. The fraction of sp³-hybridized carbons (Fsp3) is 0.278. The van der Waals surface area contributed by atoms with E-state index in [1.54, 1.807) is 37.3 Å². The van der Waals surface area contributed by atoms with Crippen molar-refractivity contribution in [3.05, 3.63) is 54.1 Å². The van der Waals surface area contributed by atoms with Crippen LogP contribution < -0.4 is 19.9 Å². The predicted octanol–water partition coefficient (Wildman–Crippen LogP) is 1.99. The summed E-state index contributed by atoms with van der Waals surface area (Å²) in [4.78, 5) is 11.7. The van der Waals surface area contributed by atoms with Gasteiger partial charge in [0, 0.05) is 6.07 Å². The van der Waals surface area contributed by atoms with Gasteiger partial charge in [0.25, 0.3) is 0 Å². The smallest absolute Gasteiger partial charge is 0.241 e. The lowest BCUT2D eigenvalue weighted by molar-refractivity contribution is -0.119. The van der Waals surface area contributed by atoms with Crippen molar-refractivity contribution in [3.8, 4) is 11.5 Å². The zero-order chi connectivity index (χ0) is 19.2. The molecule has 140 valence electrons. The van der Waals surface area contributed by atoms with Crippen LogP contribution in [0, 0.1) is 0 Å². The SMILES string of the molecule is CCOc1ccc(S(=O)(=O)NC(C(N)=O)c2ccccc2)cc1OCC. The number of hydrogen-bond acceptors (Lipinski definition) is 5. The first-order valence-electron chi connectivity index (χ1n) is 8.15. The van der Waals surface area contributed by atoms with Gasteiger partial charge in [-0.1, -0.05) is 30.3 Å². The molecule has 8 heteroatoms. The van der Waals surface area contributed by atoms with Gasteiger partial charge in [-0.3, -0.25) is 4.79 Å². The Hall–Kier alpha value is -2.58. The van der Waals surface area contributed by atoms with Gasteiger partial charge >= 0.3 is 0 Å². The molecule has 2 rings (SSSR count). The zero-order valence-corrected chi connectivity index (χ0v) is 15.5. The second-order valence-corrected chi connectivity index (χ2v) is 7.06. The molecule has 1 amide bonds. The highest BCUT2D eigenvalue weighted by Gasteiger charge is 2.26. The number of ether oxygens (including phenoxy) is 2. The molecule has 0 saturated carbocycles. The fourth-order valence-electron chi connectivity index (χ4n) is 2.36. The van der Waals surface area contributed by atoms with Crippen molar-refractivity contribution in [1.82, 2.24) is 4.72 Å². The third-order valence-corrected chi connectivity index (χ3v) is 4.94. The lowest BCUT2D eigenvalue weighted by atomic mass is 10.1. The first-order valence-corrected chi connectivity index (χ1v) is 9.63. The molecule has 0 saturated heterocycles. The van der Waals surface area contributed by atoms with Gasteiger partial charge in [0.15, 0.2) is 11.5 Å². The van der Waals surface area contributed by atoms with Crippen LogP contribution in [0.5, 0.6) is 11.5 Å². The van der Waals surface area contributed by atoms with Crippen LogP contribution in [0.4, 0.5) is 0 Å². The van der Waals surface area contributed by atoms with Crippen LogP contribution in [0.25, 0.3) is 0 Å². The minimum atomic E-state index is -4.01. The Labute approximate surface area is 153 Å². The summed E-state index contributed by atoms with van der Waals surface area (Å²) < 4.78 is 38.7. The average molecular weight is 378 g/mol. The van der Waals surface area contributed by atoms with E-state index in [-0.39, 0.29) is 4.90 Å². The number of nitrogens with one attached hydrogen (secondary N) is 1. The largest absolute Gasteiger partial charge is 0.490 e. The van der Waals surface area contributed by atoms with Crippen LogP contribution in [0.2, 0.25) is 0 Å². The molecule has 0 fully saturated rings. The van der Waals surface area contributed by atoms with E-state index in [0.717, 1.165) is 0 Å². The predicted molar refractivity (Wildman–Crippen MR) is 97.5 cm³/mol. The third kappa shape index (κ3) is 4.74. The monoisotopic (exact) mass is 378 g/mol. The van der Waals surface area contributed by atoms with Crippen LogP contribution in [0.15, 0.2) is 53.4 Å². The van der Waals surface area contributed by atoms with Gasteiger partial charge in [0.1, 0.15) is 6.04 Å². The van der Waals surface area contributed by atoms with Crippen LogP contribution in [-0.2, 0) is 14.8 Å². The van der Waals surface area contributed by atoms with Crippen molar-refractivity contribution in [2.75, 3.05) is 13.2 Å². The Bertz CT molecular complexity index is 853. The number of hydrogen-bond donors (Lipinski definition) is 2. The maximum absolute atomic E-state index is 12.7. The van der Waals surface area contributed by atoms with E-state index in [9.17, 15) is 13.2 Å². The van der Waals surface area contributed by atoms with Crippen molar-refractivity contribution in [1.29, 1.82) is 0 Å². The second kappa shape index (κ2) is 8.68. The van der Waals surface area contributed by atoms with Crippen molar-refractivity contribution in [2.24, 2.45) is 5.73 Å². The molecule has 2 aromatic carbocycles. The van der Waals surface area contributed by atoms with Crippen molar-refractivity contribution in [3.63, 3.8) is 0 Å². The topological polar surface area (TPSA) is 108 Å². The standard InChI is InChI=1S/C18H22N2O5S/c1-3-24-15-11-10-14(12-16(15)25-4-2)26(22,23)20-17(18(19)21)13-8-6-5-7-9-13/h5-12,17,20H,3-4H2,1-2H3,(H2,19,21). The Kier molecular flexibility index (Phi) is 6.59. The molecular formula is C18H22N2O5S. The van der Waals surface area contributed by atoms with Gasteiger partial charge < -0.3 is 15.2 Å². The van der Waals surface area contributed by atoms with Gasteiger partial charge in [0.05, 0.1) is 18.1 Å². The molecule has 0 radical (unpaired) electrons. The Morgan fingerprint density at radius 1 is 1.04 bits per heavy atom. The number of primary amides is 1. The summed E-state index contributed by atoms with van der Waals surface area (Å²) in [6.45, 7) is 4.38. The lowest BCUT2D eigenvalue weighted by Crippen LogP contribution is -2.37. The Morgan fingerprint density at radius 3 is 2.23 bits per heavy atom. The Morgan fingerprint density at radius 2 is 1.65 bits per heavy atom. The minimum absolute atomic E-state index is 0.0495. The molecule has 0 spiro atoms. The lowest BCUT2D eigenvalue weighted by Gasteiger charge is -2.17. The van der Waals surface area contributed by atoms with Gasteiger partial charge in [-0.25, -0.2) is 8.42 Å². The van der Waals surface area contributed by atoms with Crippen molar-refractivity contribution in [2.45, 2.75) is 24.8 Å². The fourth-order valence-corrected chi connectivity index (χ4v) is 3.57. The molecule has 0 aliphatic carbocycles. The highest BCUT2D eigenvalue weighted by molar-refractivity contribution is 7.89. The summed E-state index contributed by atoms with van der Waals surface area (Å²) in [6.07, 6.45) is 0. The maximum atomic E-state index is 12.7. The number of carbonyl (C=O) groups excluding carboxylic acids is 1. The molecule has 0 aliphatic rings. The first kappa shape index (κ1) is 19.7. The number of nitrogens with two attached hydrogens (primary N) is 1. The van der Waals surface area contributed by atoms with Crippen LogP contribution >= 0.6 is 0 Å². The van der Waals surface area contributed by atoms with Gasteiger partial charge in [-0.2, -0.15) is 4.72 Å². The molecule has 26 heavy (non-hydrogen) atoms. The molecule has 0 bridgehead atoms. The van der Waals surface area contributed by atoms with E-state index in [4.69, 9.17) is 15.2 Å². The molecule has 1 unspecified atom stereocenters. The second-order valence-electron chi connectivity index (χ2n) is 5.34. The molecule has 0 aliphatic heterocycles. The maximum Gasteiger partial charge on any atom is 0.241 e. The number of sulfonamides is 1. The van der Waals surface area contributed by atoms with Crippen LogP contribution in [-0.4, -0.2) is 27.5 Å². The summed E-state index contributed by atoms with van der Waals surface area (Å²) in [6, 6.07) is 11.5. The Balaban J connectivity index is 2.36. The van der Waals surface area contributed by atoms with E-state index in [1.165, 1.54) is 18.2 Å². The first-order chi connectivity index (χ1) is 12.4.